The molecule has 17 heavy (non-hydrogen) atoms. The molecule has 2 heterocycles. The molecule has 0 bridgehead atoms. The number of nitrogens with two attached hydrogens (primary N) is 1. The van der Waals surface area contributed by atoms with E-state index in [1.165, 1.54) is 19.3 Å². The lowest BCUT2D eigenvalue weighted by Gasteiger charge is -2.29. The largest absolute Gasteiger partial charge is 0.339 e. The zero-order chi connectivity index (χ0) is 11.0. The second kappa shape index (κ2) is 5.33. The van der Waals surface area contributed by atoms with E-state index in [2.05, 4.69) is 15.0 Å². The van der Waals surface area contributed by atoms with Gasteiger partial charge in [0.25, 0.3) is 0 Å². The average molecular weight is 259 g/mol. The van der Waals surface area contributed by atoms with E-state index in [1.54, 1.807) is 0 Å². The van der Waals surface area contributed by atoms with Crippen LogP contribution in [0.2, 0.25) is 0 Å². The maximum absolute atomic E-state index is 5.94. The van der Waals surface area contributed by atoms with Crippen molar-refractivity contribution in [3.05, 3.63) is 11.7 Å². The van der Waals surface area contributed by atoms with Crippen LogP contribution in [0, 0.1) is 0 Å². The van der Waals surface area contributed by atoms with Crippen LogP contribution in [0.1, 0.15) is 43.3 Å². The van der Waals surface area contributed by atoms with E-state index in [9.17, 15) is 0 Å². The Morgan fingerprint density at radius 1 is 1.35 bits per heavy atom. The van der Waals surface area contributed by atoms with Crippen LogP contribution in [0.5, 0.6) is 0 Å². The molecule has 1 aromatic rings. The van der Waals surface area contributed by atoms with Gasteiger partial charge < -0.3 is 10.3 Å². The summed E-state index contributed by atoms with van der Waals surface area (Å²) in [5, 5.41) is 4.03. The molecule has 0 spiro atoms. The number of halogens is 1. The van der Waals surface area contributed by atoms with E-state index in [1.807, 2.05) is 0 Å². The molecule has 1 saturated carbocycles. The highest BCUT2D eigenvalue weighted by Crippen LogP contribution is 2.38. The molecule has 0 aromatic carbocycles. The van der Waals surface area contributed by atoms with Crippen LogP contribution in [0.3, 0.4) is 0 Å². The summed E-state index contributed by atoms with van der Waals surface area (Å²) in [5.74, 6) is 2.19. The fourth-order valence-electron chi connectivity index (χ4n) is 2.26. The Morgan fingerprint density at radius 3 is 2.88 bits per heavy atom. The third kappa shape index (κ3) is 3.18. The molecular formula is C11H19ClN4O. The average Bonchev–Trinajstić information content (AvgIpc) is 3.01. The van der Waals surface area contributed by atoms with E-state index < -0.39 is 0 Å². The molecule has 96 valence electrons. The molecule has 1 atom stereocenters. The van der Waals surface area contributed by atoms with Gasteiger partial charge in [0.05, 0.1) is 6.54 Å². The molecule has 2 aliphatic rings. The topological polar surface area (TPSA) is 68.2 Å². The second-order valence-corrected chi connectivity index (χ2v) is 4.96. The molecule has 1 unspecified atom stereocenters. The summed E-state index contributed by atoms with van der Waals surface area (Å²) < 4.78 is 5.24. The molecule has 2 fully saturated rings. The van der Waals surface area contributed by atoms with E-state index in [0.29, 0.717) is 12.0 Å². The summed E-state index contributed by atoms with van der Waals surface area (Å²) in [6.07, 6.45) is 4.72. The van der Waals surface area contributed by atoms with Crippen LogP contribution >= 0.6 is 12.4 Å². The Hall–Kier alpha value is -0.650. The zero-order valence-corrected chi connectivity index (χ0v) is 10.7. The predicted molar refractivity (Wildman–Crippen MR) is 66.0 cm³/mol. The lowest BCUT2D eigenvalue weighted by atomic mass is 10.1. The second-order valence-electron chi connectivity index (χ2n) is 4.96. The Labute approximate surface area is 107 Å². The van der Waals surface area contributed by atoms with Gasteiger partial charge in [-0.2, -0.15) is 4.98 Å². The van der Waals surface area contributed by atoms with Crippen LogP contribution in [-0.2, 0) is 6.54 Å². The number of rotatable bonds is 3. The first-order chi connectivity index (χ1) is 7.81. The van der Waals surface area contributed by atoms with Crippen molar-refractivity contribution < 1.29 is 4.52 Å². The van der Waals surface area contributed by atoms with Crippen LogP contribution < -0.4 is 5.73 Å². The van der Waals surface area contributed by atoms with E-state index >= 15 is 0 Å². The van der Waals surface area contributed by atoms with Crippen molar-refractivity contribution in [1.29, 1.82) is 0 Å². The van der Waals surface area contributed by atoms with Crippen molar-refractivity contribution >= 4 is 12.4 Å². The highest BCUT2D eigenvalue weighted by molar-refractivity contribution is 5.85. The number of piperidine rings is 1. The Bertz CT molecular complexity index is 366. The van der Waals surface area contributed by atoms with Gasteiger partial charge in [-0.15, -0.1) is 12.4 Å². The zero-order valence-electron chi connectivity index (χ0n) is 9.84. The summed E-state index contributed by atoms with van der Waals surface area (Å²) in [7, 11) is 0. The number of hydrogen-bond acceptors (Lipinski definition) is 5. The molecule has 6 heteroatoms. The molecule has 1 saturated heterocycles. The summed E-state index contributed by atoms with van der Waals surface area (Å²) in [4.78, 5) is 6.75. The lowest BCUT2D eigenvalue weighted by Crippen LogP contribution is -2.42. The van der Waals surface area contributed by atoms with Crippen LogP contribution in [0.15, 0.2) is 4.52 Å². The number of likely N-dealkylation sites (tertiary alicyclic amines) is 1. The van der Waals surface area contributed by atoms with Crippen molar-refractivity contribution in [2.24, 2.45) is 5.73 Å². The summed E-state index contributed by atoms with van der Waals surface area (Å²) in [6, 6.07) is 0.309. The molecule has 1 aliphatic heterocycles. The molecule has 0 radical (unpaired) electrons. The molecule has 2 N–H and O–H groups in total. The molecule has 3 rings (SSSR count). The summed E-state index contributed by atoms with van der Waals surface area (Å²) in [6.45, 7) is 2.83. The number of hydrogen-bond donors (Lipinski definition) is 1. The van der Waals surface area contributed by atoms with Gasteiger partial charge in [-0.3, -0.25) is 4.90 Å². The van der Waals surface area contributed by atoms with Gasteiger partial charge in [0.2, 0.25) is 5.89 Å². The van der Waals surface area contributed by atoms with Gasteiger partial charge in [-0.1, -0.05) is 5.16 Å². The van der Waals surface area contributed by atoms with Crippen LogP contribution in [-0.4, -0.2) is 34.2 Å². The first kappa shape index (κ1) is 12.8. The summed E-state index contributed by atoms with van der Waals surface area (Å²) in [5.41, 5.74) is 5.94. The first-order valence-corrected chi connectivity index (χ1v) is 6.11. The Balaban J connectivity index is 0.00000108. The number of aromatic nitrogens is 2. The third-order valence-corrected chi connectivity index (χ3v) is 3.32. The van der Waals surface area contributed by atoms with Crippen molar-refractivity contribution in [1.82, 2.24) is 15.0 Å². The maximum Gasteiger partial charge on any atom is 0.229 e. The van der Waals surface area contributed by atoms with E-state index in [-0.39, 0.29) is 12.4 Å². The van der Waals surface area contributed by atoms with Gasteiger partial charge in [-0.25, -0.2) is 0 Å². The number of nitrogens with zero attached hydrogens (tertiary/aromatic N) is 3. The van der Waals surface area contributed by atoms with Crippen LogP contribution in [0.4, 0.5) is 0 Å². The minimum atomic E-state index is 0. The van der Waals surface area contributed by atoms with Crippen molar-refractivity contribution in [2.45, 2.75) is 44.2 Å². The Morgan fingerprint density at radius 2 is 2.18 bits per heavy atom. The molecule has 0 amide bonds. The molecule has 1 aromatic heterocycles. The minimum Gasteiger partial charge on any atom is -0.339 e. The first-order valence-electron chi connectivity index (χ1n) is 6.11. The van der Waals surface area contributed by atoms with Gasteiger partial charge in [-0.05, 0) is 32.2 Å². The minimum absolute atomic E-state index is 0. The standard InChI is InChI=1S/C11H18N4O.ClH/c12-9-2-1-5-15(6-9)7-10-13-11(16-14-10)8-3-4-8;/h8-9H,1-7,12H2;1H. The van der Waals surface area contributed by atoms with E-state index in [4.69, 9.17) is 10.3 Å². The Kier molecular flexibility index (Phi) is 4.01. The molecular weight excluding hydrogens is 240 g/mol. The quantitative estimate of drug-likeness (QED) is 0.885. The highest BCUT2D eigenvalue weighted by atomic mass is 35.5. The fraction of sp³-hybridized carbons (Fsp3) is 0.818. The summed E-state index contributed by atoms with van der Waals surface area (Å²) >= 11 is 0. The highest BCUT2D eigenvalue weighted by Gasteiger charge is 2.30. The maximum atomic E-state index is 5.94. The van der Waals surface area contributed by atoms with Gasteiger partial charge in [0, 0.05) is 18.5 Å². The van der Waals surface area contributed by atoms with E-state index in [0.717, 1.165) is 37.8 Å². The third-order valence-electron chi connectivity index (χ3n) is 3.32. The van der Waals surface area contributed by atoms with Crippen molar-refractivity contribution in [3.8, 4) is 0 Å². The van der Waals surface area contributed by atoms with Crippen LogP contribution in [0.25, 0.3) is 0 Å². The predicted octanol–water partition coefficient (Wildman–Crippen LogP) is 1.29. The molecule has 5 nitrogen and oxygen atoms in total. The normalized spacial score (nSPS) is 25.6. The van der Waals surface area contributed by atoms with Crippen molar-refractivity contribution in [2.75, 3.05) is 13.1 Å². The smallest absolute Gasteiger partial charge is 0.229 e. The lowest BCUT2D eigenvalue weighted by molar-refractivity contribution is 0.195. The SMILES string of the molecule is Cl.NC1CCCN(Cc2noc(C3CC3)n2)C1. The molecule has 1 aliphatic carbocycles. The van der Waals surface area contributed by atoms with Gasteiger partial charge in [0.1, 0.15) is 0 Å². The van der Waals surface area contributed by atoms with Gasteiger partial charge in [0.15, 0.2) is 5.82 Å². The fourth-order valence-corrected chi connectivity index (χ4v) is 2.26. The monoisotopic (exact) mass is 258 g/mol. The van der Waals surface area contributed by atoms with Gasteiger partial charge >= 0.3 is 0 Å². The van der Waals surface area contributed by atoms with Crippen molar-refractivity contribution in [3.63, 3.8) is 0 Å².